The molecule has 1 rings (SSSR count). The Labute approximate surface area is 111 Å². The summed E-state index contributed by atoms with van der Waals surface area (Å²) >= 11 is 4.73. The Kier molecular flexibility index (Phi) is 4.80. The molecule has 0 spiro atoms. The second-order valence-electron chi connectivity index (χ2n) is 2.73. The van der Waals surface area contributed by atoms with Gasteiger partial charge in [0, 0.05) is 5.33 Å². The third-order valence-corrected chi connectivity index (χ3v) is 3.30. The van der Waals surface area contributed by atoms with Gasteiger partial charge in [0.25, 0.3) is 0 Å². The summed E-state index contributed by atoms with van der Waals surface area (Å²) in [4.78, 5) is 3.68. The van der Waals surface area contributed by atoms with Crippen molar-refractivity contribution in [3.63, 3.8) is 0 Å². The van der Waals surface area contributed by atoms with Crippen molar-refractivity contribution in [1.82, 2.24) is 4.98 Å². The molecule has 1 aromatic rings. The molecule has 0 aliphatic carbocycles. The maximum absolute atomic E-state index is 12.1. The molecule has 8 heteroatoms. The maximum atomic E-state index is 12.1. The zero-order valence-electron chi connectivity index (χ0n) is 7.68. The van der Waals surface area contributed by atoms with Gasteiger partial charge in [-0.05, 0) is 34.2 Å². The first-order chi connectivity index (χ1) is 7.37. The molecular formula is C8H6BrF3INO2. The van der Waals surface area contributed by atoms with Crippen LogP contribution in [0.25, 0.3) is 0 Å². The monoisotopic (exact) mass is 411 g/mol. The lowest BCUT2D eigenvalue weighted by atomic mass is 10.2. The van der Waals surface area contributed by atoms with Gasteiger partial charge < -0.3 is 9.84 Å². The second-order valence-corrected chi connectivity index (χ2v) is 4.37. The number of halogens is 5. The lowest BCUT2D eigenvalue weighted by Gasteiger charge is -2.12. The van der Waals surface area contributed by atoms with Crippen LogP contribution in [0, 0.1) is 3.57 Å². The van der Waals surface area contributed by atoms with Crippen LogP contribution in [0.15, 0.2) is 6.07 Å². The summed E-state index contributed by atoms with van der Waals surface area (Å²) in [6, 6.07) is 1.51. The van der Waals surface area contributed by atoms with Crippen LogP contribution in [0.5, 0.6) is 5.88 Å². The maximum Gasteiger partial charge on any atom is 0.574 e. The highest BCUT2D eigenvalue weighted by Crippen LogP contribution is 2.29. The lowest BCUT2D eigenvalue weighted by Crippen LogP contribution is -2.19. The lowest BCUT2D eigenvalue weighted by molar-refractivity contribution is -0.276. The average molecular weight is 412 g/mol. The summed E-state index contributed by atoms with van der Waals surface area (Å²) in [5.41, 5.74) is 0.716. The van der Waals surface area contributed by atoms with Gasteiger partial charge in [0.1, 0.15) is 0 Å². The molecule has 1 heterocycles. The predicted octanol–water partition coefficient (Wildman–Crippen LogP) is 2.97. The van der Waals surface area contributed by atoms with E-state index in [4.69, 9.17) is 5.11 Å². The van der Waals surface area contributed by atoms with Crippen LogP contribution in [0.2, 0.25) is 0 Å². The molecule has 0 bridgehead atoms. The summed E-state index contributed by atoms with van der Waals surface area (Å²) < 4.78 is 40.1. The molecule has 0 atom stereocenters. The standard InChI is InChI=1S/C8H6BrF3INO2/c9-2-5-1-4(3-15)6(13)7(14-5)16-8(10,11)12/h1,15H,2-3H2. The van der Waals surface area contributed by atoms with E-state index in [1.54, 1.807) is 22.6 Å². The van der Waals surface area contributed by atoms with E-state index in [0.29, 0.717) is 11.3 Å². The Hall–Kier alpha value is -0.0900. The fourth-order valence-corrected chi connectivity index (χ4v) is 1.82. The van der Waals surface area contributed by atoms with Crippen LogP contribution in [-0.4, -0.2) is 16.5 Å². The molecule has 0 unspecified atom stereocenters. The van der Waals surface area contributed by atoms with Crippen LogP contribution in [0.1, 0.15) is 11.3 Å². The fourth-order valence-electron chi connectivity index (χ4n) is 0.974. The summed E-state index contributed by atoms with van der Waals surface area (Å²) in [5.74, 6) is -0.533. The smallest absolute Gasteiger partial charge is 0.392 e. The largest absolute Gasteiger partial charge is 0.574 e. The van der Waals surface area contributed by atoms with E-state index in [9.17, 15) is 13.2 Å². The van der Waals surface area contributed by atoms with Crippen LogP contribution in [0.4, 0.5) is 13.2 Å². The molecule has 1 aromatic heterocycles. The highest BCUT2D eigenvalue weighted by molar-refractivity contribution is 14.1. The number of pyridine rings is 1. The van der Waals surface area contributed by atoms with Gasteiger partial charge in [0.15, 0.2) is 0 Å². The van der Waals surface area contributed by atoms with Crippen LogP contribution >= 0.6 is 38.5 Å². The average Bonchev–Trinajstić information content (AvgIpc) is 2.19. The summed E-state index contributed by atoms with van der Waals surface area (Å²) in [6.07, 6.45) is -4.79. The molecular weight excluding hydrogens is 406 g/mol. The first kappa shape index (κ1) is 14.0. The van der Waals surface area contributed by atoms with Crippen molar-refractivity contribution in [2.45, 2.75) is 18.3 Å². The van der Waals surface area contributed by atoms with E-state index < -0.39 is 12.2 Å². The van der Waals surface area contributed by atoms with E-state index in [-0.39, 0.29) is 15.5 Å². The number of alkyl halides is 4. The quantitative estimate of drug-likeness (QED) is 0.614. The first-order valence-corrected chi connectivity index (χ1v) is 6.18. The Balaban J connectivity index is 3.16. The van der Waals surface area contributed by atoms with Crippen LogP contribution in [-0.2, 0) is 11.9 Å². The van der Waals surface area contributed by atoms with Gasteiger partial charge in [-0.1, -0.05) is 15.9 Å². The number of hydrogen-bond donors (Lipinski definition) is 1. The molecule has 0 aromatic carbocycles. The minimum atomic E-state index is -4.79. The van der Waals surface area contributed by atoms with Gasteiger partial charge in [-0.15, -0.1) is 13.2 Å². The Bertz CT molecular complexity index is 386. The summed E-state index contributed by atoms with van der Waals surface area (Å²) in [7, 11) is 0. The van der Waals surface area contributed by atoms with E-state index in [1.165, 1.54) is 6.07 Å². The predicted molar refractivity (Wildman–Crippen MR) is 62.2 cm³/mol. The molecule has 0 radical (unpaired) electrons. The number of ether oxygens (including phenoxy) is 1. The molecule has 16 heavy (non-hydrogen) atoms. The van der Waals surface area contributed by atoms with Gasteiger partial charge in [-0.2, -0.15) is 0 Å². The van der Waals surface area contributed by atoms with Gasteiger partial charge >= 0.3 is 6.36 Å². The molecule has 3 nitrogen and oxygen atoms in total. The summed E-state index contributed by atoms with van der Waals surface area (Å²) in [5, 5.41) is 9.26. The molecule has 0 fully saturated rings. The van der Waals surface area contributed by atoms with Crippen molar-refractivity contribution < 1.29 is 23.0 Å². The van der Waals surface area contributed by atoms with Crippen molar-refractivity contribution in [3.05, 3.63) is 20.9 Å². The van der Waals surface area contributed by atoms with Crippen molar-refractivity contribution in [1.29, 1.82) is 0 Å². The molecule has 0 saturated carbocycles. The normalized spacial score (nSPS) is 11.6. The molecule has 0 amide bonds. The topological polar surface area (TPSA) is 42.4 Å². The number of aromatic nitrogens is 1. The minimum absolute atomic E-state index is 0.155. The minimum Gasteiger partial charge on any atom is -0.392 e. The van der Waals surface area contributed by atoms with Gasteiger partial charge in [0.05, 0.1) is 15.9 Å². The highest BCUT2D eigenvalue weighted by atomic mass is 127. The number of rotatable bonds is 3. The number of nitrogens with zero attached hydrogens (tertiary/aromatic N) is 1. The fraction of sp³-hybridized carbons (Fsp3) is 0.375. The van der Waals surface area contributed by atoms with Gasteiger partial charge in [-0.25, -0.2) is 4.98 Å². The molecule has 0 aliphatic heterocycles. The van der Waals surface area contributed by atoms with Crippen molar-refractivity contribution in [3.8, 4) is 5.88 Å². The molecule has 90 valence electrons. The van der Waals surface area contributed by atoms with Gasteiger partial charge in [-0.3, -0.25) is 0 Å². The molecule has 0 aliphatic rings. The first-order valence-electron chi connectivity index (χ1n) is 3.98. The zero-order chi connectivity index (χ0) is 12.3. The summed E-state index contributed by atoms with van der Waals surface area (Å²) in [6.45, 7) is -0.366. The highest BCUT2D eigenvalue weighted by Gasteiger charge is 2.33. The van der Waals surface area contributed by atoms with E-state index in [0.717, 1.165) is 0 Å². The number of aliphatic hydroxyl groups excluding tert-OH is 1. The third kappa shape index (κ3) is 3.74. The Morgan fingerprint density at radius 3 is 2.56 bits per heavy atom. The Morgan fingerprint density at radius 1 is 1.50 bits per heavy atom. The van der Waals surface area contributed by atoms with Crippen molar-refractivity contribution in [2.24, 2.45) is 0 Å². The second kappa shape index (κ2) is 5.50. The van der Waals surface area contributed by atoms with Crippen LogP contribution < -0.4 is 4.74 Å². The zero-order valence-corrected chi connectivity index (χ0v) is 11.4. The molecule has 0 saturated heterocycles. The van der Waals surface area contributed by atoms with Gasteiger partial charge in [0.2, 0.25) is 5.88 Å². The van der Waals surface area contributed by atoms with E-state index in [2.05, 4.69) is 25.7 Å². The third-order valence-electron chi connectivity index (χ3n) is 1.58. The number of hydrogen-bond acceptors (Lipinski definition) is 3. The van der Waals surface area contributed by atoms with Crippen LogP contribution in [0.3, 0.4) is 0 Å². The van der Waals surface area contributed by atoms with Crippen molar-refractivity contribution >= 4 is 38.5 Å². The van der Waals surface area contributed by atoms with E-state index >= 15 is 0 Å². The SMILES string of the molecule is OCc1cc(CBr)nc(OC(F)(F)F)c1I. The van der Waals surface area contributed by atoms with Crippen molar-refractivity contribution in [2.75, 3.05) is 0 Å². The Morgan fingerprint density at radius 2 is 2.12 bits per heavy atom. The number of aliphatic hydroxyl groups is 1. The molecule has 1 N–H and O–H groups in total. The van der Waals surface area contributed by atoms with E-state index in [1.807, 2.05) is 0 Å².